The fourth-order valence-corrected chi connectivity index (χ4v) is 4.91. The van der Waals surface area contributed by atoms with Crippen LogP contribution in [0, 0.1) is 13.8 Å². The predicted octanol–water partition coefficient (Wildman–Crippen LogP) is 3.96. The van der Waals surface area contributed by atoms with Crippen molar-refractivity contribution < 1.29 is 4.79 Å². The van der Waals surface area contributed by atoms with Crippen molar-refractivity contribution in [2.45, 2.75) is 51.6 Å². The first-order chi connectivity index (χ1) is 14.5. The molecule has 0 radical (unpaired) electrons. The maximum Gasteiger partial charge on any atom is 0.326 e. The average molecular weight is 405 g/mol. The molecule has 1 N–H and O–H groups in total. The van der Waals surface area contributed by atoms with Crippen molar-refractivity contribution >= 4 is 23.0 Å². The Labute approximate surface area is 175 Å². The summed E-state index contributed by atoms with van der Waals surface area (Å²) in [6, 6.07) is 10.7. The Hall–Kier alpha value is -3.02. The smallest absolute Gasteiger partial charge is 0.326 e. The Morgan fingerprint density at radius 1 is 1.03 bits per heavy atom. The quantitative estimate of drug-likeness (QED) is 0.669. The molecule has 0 unspecified atom stereocenters. The average Bonchev–Trinajstić information content (AvgIpc) is 3.45. The van der Waals surface area contributed by atoms with Crippen molar-refractivity contribution in [3.8, 4) is 0 Å². The maximum atomic E-state index is 12.8. The van der Waals surface area contributed by atoms with Gasteiger partial charge in [0.15, 0.2) is 0 Å². The molecule has 1 aliphatic carbocycles. The number of piperidine rings is 1. The summed E-state index contributed by atoms with van der Waals surface area (Å²) in [6.07, 6.45) is 7.76. The molecule has 2 aliphatic rings. The summed E-state index contributed by atoms with van der Waals surface area (Å²) in [5.41, 5.74) is 5.40. The molecular formula is C24H28N4O2. The van der Waals surface area contributed by atoms with Gasteiger partial charge in [-0.1, -0.05) is 12.1 Å². The van der Waals surface area contributed by atoms with E-state index in [0.29, 0.717) is 19.1 Å². The Kier molecular flexibility index (Phi) is 4.65. The van der Waals surface area contributed by atoms with Crippen LogP contribution < -0.4 is 5.69 Å². The van der Waals surface area contributed by atoms with Crippen LogP contribution in [0.3, 0.4) is 0 Å². The van der Waals surface area contributed by atoms with Crippen LogP contribution in [0.25, 0.3) is 17.1 Å². The van der Waals surface area contributed by atoms with Crippen LogP contribution in [-0.4, -0.2) is 38.0 Å². The number of carbonyl (C=O) groups excluding carboxylic acids is 1. The Morgan fingerprint density at radius 3 is 2.47 bits per heavy atom. The lowest BCUT2D eigenvalue weighted by Gasteiger charge is -2.32. The lowest BCUT2D eigenvalue weighted by atomic mass is 10.0. The lowest BCUT2D eigenvalue weighted by Crippen LogP contribution is -2.39. The van der Waals surface area contributed by atoms with Crippen molar-refractivity contribution in [3.05, 3.63) is 63.8 Å². The molecule has 3 aromatic rings. The lowest BCUT2D eigenvalue weighted by molar-refractivity contribution is -0.127. The SMILES string of the molecule is Cc1cc(/C=C/C(=O)N2CCC(n3c(=O)[nH]c4ccccc43)CC2)c(C)n1C1CC1. The molecule has 0 atom stereocenters. The minimum atomic E-state index is -0.0631. The maximum absolute atomic E-state index is 12.8. The molecule has 1 aromatic carbocycles. The number of para-hydroxylation sites is 2. The zero-order valence-corrected chi connectivity index (χ0v) is 17.6. The second-order valence-electron chi connectivity index (χ2n) is 8.63. The molecule has 6 nitrogen and oxygen atoms in total. The molecule has 2 aromatic heterocycles. The first kappa shape index (κ1) is 19.0. The predicted molar refractivity (Wildman–Crippen MR) is 119 cm³/mol. The van der Waals surface area contributed by atoms with Crippen LogP contribution in [0.2, 0.25) is 0 Å². The van der Waals surface area contributed by atoms with E-state index >= 15 is 0 Å². The van der Waals surface area contributed by atoms with Crippen LogP contribution in [0.4, 0.5) is 0 Å². The van der Waals surface area contributed by atoms with Crippen LogP contribution in [0.1, 0.15) is 54.7 Å². The van der Waals surface area contributed by atoms with E-state index in [1.807, 2.05) is 39.8 Å². The number of H-pyrrole nitrogens is 1. The van der Waals surface area contributed by atoms with E-state index in [-0.39, 0.29) is 17.6 Å². The van der Waals surface area contributed by atoms with Gasteiger partial charge < -0.3 is 14.5 Å². The number of nitrogens with zero attached hydrogens (tertiary/aromatic N) is 3. The molecule has 2 fully saturated rings. The van der Waals surface area contributed by atoms with E-state index in [0.717, 1.165) is 29.4 Å². The number of carbonyl (C=O) groups is 1. The van der Waals surface area contributed by atoms with Crippen LogP contribution >= 0.6 is 0 Å². The summed E-state index contributed by atoms with van der Waals surface area (Å²) >= 11 is 0. The number of imidazole rings is 1. The van der Waals surface area contributed by atoms with E-state index < -0.39 is 0 Å². The van der Waals surface area contributed by atoms with Crippen LogP contribution in [-0.2, 0) is 4.79 Å². The zero-order chi connectivity index (χ0) is 20.8. The highest BCUT2D eigenvalue weighted by atomic mass is 16.2. The van der Waals surface area contributed by atoms with Gasteiger partial charge in [-0.3, -0.25) is 9.36 Å². The number of rotatable bonds is 4. The number of fused-ring (bicyclic) bond motifs is 1. The number of likely N-dealkylation sites (tertiary alicyclic amines) is 1. The fraction of sp³-hybridized carbons (Fsp3) is 0.417. The third kappa shape index (κ3) is 3.30. The van der Waals surface area contributed by atoms with Gasteiger partial charge in [0, 0.05) is 42.6 Å². The second-order valence-corrected chi connectivity index (χ2v) is 8.63. The van der Waals surface area contributed by atoms with E-state index in [4.69, 9.17) is 0 Å². The number of aryl methyl sites for hydroxylation is 1. The topological polar surface area (TPSA) is 63.0 Å². The van der Waals surface area contributed by atoms with Crippen LogP contribution in [0.15, 0.2) is 41.2 Å². The van der Waals surface area contributed by atoms with E-state index in [1.54, 1.807) is 6.08 Å². The van der Waals surface area contributed by atoms with Crippen molar-refractivity contribution in [3.63, 3.8) is 0 Å². The van der Waals surface area contributed by atoms with Crippen molar-refractivity contribution in [1.82, 2.24) is 19.0 Å². The summed E-state index contributed by atoms with van der Waals surface area (Å²) in [5.74, 6) is 0.0518. The highest BCUT2D eigenvalue weighted by Crippen LogP contribution is 2.38. The minimum absolute atomic E-state index is 0.0518. The highest BCUT2D eigenvalue weighted by Gasteiger charge is 2.27. The molecule has 156 valence electrons. The molecular weight excluding hydrogens is 376 g/mol. The number of aromatic nitrogens is 3. The van der Waals surface area contributed by atoms with Crippen LogP contribution in [0.5, 0.6) is 0 Å². The Morgan fingerprint density at radius 2 is 1.73 bits per heavy atom. The van der Waals surface area contributed by atoms with Gasteiger partial charge in [-0.15, -0.1) is 0 Å². The number of amides is 1. The van der Waals surface area contributed by atoms with Gasteiger partial charge in [0.2, 0.25) is 5.91 Å². The number of benzene rings is 1. The van der Waals surface area contributed by atoms with Gasteiger partial charge in [-0.25, -0.2) is 4.79 Å². The molecule has 0 spiro atoms. The number of hydrogen-bond donors (Lipinski definition) is 1. The zero-order valence-electron chi connectivity index (χ0n) is 17.6. The number of aromatic amines is 1. The van der Waals surface area contributed by atoms with E-state index in [9.17, 15) is 9.59 Å². The molecule has 5 rings (SSSR count). The first-order valence-corrected chi connectivity index (χ1v) is 10.9. The second kappa shape index (κ2) is 7.35. The molecule has 1 amide bonds. The van der Waals surface area contributed by atoms with Gasteiger partial charge in [0.25, 0.3) is 0 Å². The molecule has 6 heteroatoms. The first-order valence-electron chi connectivity index (χ1n) is 10.9. The van der Waals surface area contributed by atoms with Gasteiger partial charge in [-0.05, 0) is 69.4 Å². The Bertz CT molecular complexity index is 1180. The highest BCUT2D eigenvalue weighted by molar-refractivity contribution is 5.92. The van der Waals surface area contributed by atoms with Crippen molar-refractivity contribution in [2.75, 3.05) is 13.1 Å². The van der Waals surface area contributed by atoms with Gasteiger partial charge in [0.05, 0.1) is 11.0 Å². The minimum Gasteiger partial charge on any atom is -0.346 e. The van der Waals surface area contributed by atoms with Crippen molar-refractivity contribution in [1.29, 1.82) is 0 Å². The fourth-order valence-electron chi connectivity index (χ4n) is 4.91. The van der Waals surface area contributed by atoms with Gasteiger partial charge >= 0.3 is 5.69 Å². The molecule has 1 saturated carbocycles. The largest absolute Gasteiger partial charge is 0.346 e. The van der Waals surface area contributed by atoms with E-state index in [1.165, 1.54) is 24.2 Å². The summed E-state index contributed by atoms with van der Waals surface area (Å²) in [7, 11) is 0. The van der Waals surface area contributed by atoms with Crippen molar-refractivity contribution in [2.24, 2.45) is 0 Å². The molecule has 1 aliphatic heterocycles. The van der Waals surface area contributed by atoms with Gasteiger partial charge in [-0.2, -0.15) is 0 Å². The Balaban J connectivity index is 1.26. The summed E-state index contributed by atoms with van der Waals surface area (Å²) < 4.78 is 4.26. The number of nitrogens with one attached hydrogen (secondary N) is 1. The summed E-state index contributed by atoms with van der Waals surface area (Å²) in [5, 5.41) is 0. The molecule has 1 saturated heterocycles. The third-order valence-electron chi connectivity index (χ3n) is 6.61. The normalized spacial score (nSPS) is 18.0. The van der Waals surface area contributed by atoms with Gasteiger partial charge in [0.1, 0.15) is 0 Å². The standard InChI is InChI=1S/C24H28N4O2/c1-16-15-18(17(2)27(16)19-8-9-19)7-10-23(29)26-13-11-20(12-14-26)28-22-6-4-3-5-21(22)25-24(28)30/h3-7,10,15,19-20H,8-9,11-14H2,1-2H3,(H,25,30)/b10-7+. The monoisotopic (exact) mass is 404 g/mol. The molecule has 0 bridgehead atoms. The number of hydrogen-bond acceptors (Lipinski definition) is 2. The molecule has 30 heavy (non-hydrogen) atoms. The summed E-state index contributed by atoms with van der Waals surface area (Å²) in [6.45, 7) is 5.61. The van der Waals surface area contributed by atoms with E-state index in [2.05, 4.69) is 29.5 Å². The third-order valence-corrected chi connectivity index (χ3v) is 6.61. The summed E-state index contributed by atoms with van der Waals surface area (Å²) in [4.78, 5) is 30.0. The molecule has 3 heterocycles.